The molecule has 0 heterocycles. The maximum absolute atomic E-state index is 14.2. The summed E-state index contributed by atoms with van der Waals surface area (Å²) >= 11 is 0. The zero-order chi connectivity index (χ0) is 14.9. The lowest BCUT2D eigenvalue weighted by Gasteiger charge is -2.19. The predicted molar refractivity (Wildman–Crippen MR) is 79.5 cm³/mol. The van der Waals surface area contributed by atoms with Gasteiger partial charge in [0.05, 0.1) is 19.7 Å². The van der Waals surface area contributed by atoms with Crippen LogP contribution in [-0.4, -0.2) is 8.07 Å². The zero-order valence-corrected chi connectivity index (χ0v) is 12.7. The minimum Gasteiger partial charge on any atom is -0.207 e. The molecule has 0 aliphatic carbocycles. The molecule has 0 spiro atoms. The van der Waals surface area contributed by atoms with Crippen molar-refractivity contribution in [3.8, 4) is 17.2 Å². The number of halogens is 2. The maximum Gasteiger partial charge on any atom is 0.125 e. The Morgan fingerprint density at radius 3 is 1.80 bits per heavy atom. The normalized spacial score (nSPS) is 11.2. The summed E-state index contributed by atoms with van der Waals surface area (Å²) in [6.07, 6.45) is 0. The van der Waals surface area contributed by atoms with Crippen LogP contribution in [0.2, 0.25) is 19.6 Å². The van der Waals surface area contributed by atoms with Crippen LogP contribution >= 0.6 is 0 Å². The van der Waals surface area contributed by atoms with E-state index in [1.165, 1.54) is 12.1 Å². The lowest BCUT2D eigenvalue weighted by Crippen LogP contribution is -2.42. The van der Waals surface area contributed by atoms with Crippen molar-refractivity contribution in [2.75, 3.05) is 0 Å². The van der Waals surface area contributed by atoms with E-state index in [2.05, 4.69) is 0 Å². The third-order valence-electron chi connectivity index (χ3n) is 3.14. The van der Waals surface area contributed by atoms with Crippen molar-refractivity contribution in [2.45, 2.75) is 19.6 Å². The summed E-state index contributed by atoms with van der Waals surface area (Å²) in [5.74, 6) is -0.966. The summed E-state index contributed by atoms with van der Waals surface area (Å²) in [4.78, 5) is 0. The Labute approximate surface area is 118 Å². The lowest BCUT2D eigenvalue weighted by atomic mass is 10.0. The van der Waals surface area contributed by atoms with Gasteiger partial charge >= 0.3 is 0 Å². The summed E-state index contributed by atoms with van der Waals surface area (Å²) in [5, 5.41) is 8.98. The molecule has 0 aliphatic rings. The number of hydrogen-bond donors (Lipinski definition) is 0. The molecule has 0 aliphatic heterocycles. The highest BCUT2D eigenvalue weighted by atomic mass is 28.3. The summed E-state index contributed by atoms with van der Waals surface area (Å²) < 4.78 is 28.4. The second-order valence-corrected chi connectivity index (χ2v) is 10.8. The highest BCUT2D eigenvalue weighted by molar-refractivity contribution is 6.88. The van der Waals surface area contributed by atoms with Crippen LogP contribution in [0.1, 0.15) is 5.56 Å². The number of nitriles is 1. The van der Waals surface area contributed by atoms with Crippen molar-refractivity contribution >= 4 is 13.3 Å². The minimum atomic E-state index is -2.05. The molecule has 0 saturated carbocycles. The van der Waals surface area contributed by atoms with E-state index in [4.69, 9.17) is 5.26 Å². The first-order chi connectivity index (χ1) is 9.32. The Morgan fingerprint density at radius 2 is 1.40 bits per heavy atom. The molecule has 20 heavy (non-hydrogen) atoms. The molecule has 0 N–H and O–H groups in total. The summed E-state index contributed by atoms with van der Waals surface area (Å²) in [6, 6.07) is 11.4. The third-order valence-corrected chi connectivity index (χ3v) is 5.12. The highest BCUT2D eigenvalue weighted by Crippen LogP contribution is 2.23. The average molecular weight is 287 g/mol. The number of nitrogens with zero attached hydrogens (tertiary/aromatic N) is 1. The van der Waals surface area contributed by atoms with E-state index in [9.17, 15) is 8.78 Å². The van der Waals surface area contributed by atoms with Gasteiger partial charge in [0.25, 0.3) is 0 Å². The SMILES string of the molecule is C[Si](C)(C)c1c(F)cc(-c2ccc(C#N)cc2)cc1F. The first-order valence-corrected chi connectivity index (χ1v) is 9.83. The van der Waals surface area contributed by atoms with E-state index < -0.39 is 19.7 Å². The van der Waals surface area contributed by atoms with Gasteiger partial charge in [-0.2, -0.15) is 5.26 Å². The molecule has 2 aromatic carbocycles. The van der Waals surface area contributed by atoms with Gasteiger partial charge in [0.1, 0.15) is 11.6 Å². The van der Waals surface area contributed by atoms with Crippen LogP contribution in [0.4, 0.5) is 8.78 Å². The van der Waals surface area contributed by atoms with Crippen LogP contribution < -0.4 is 5.19 Å². The molecular weight excluding hydrogens is 272 g/mol. The van der Waals surface area contributed by atoms with Crippen molar-refractivity contribution in [3.63, 3.8) is 0 Å². The van der Waals surface area contributed by atoms with Crippen LogP contribution in [0.15, 0.2) is 36.4 Å². The molecule has 102 valence electrons. The van der Waals surface area contributed by atoms with Crippen molar-refractivity contribution in [1.82, 2.24) is 0 Å². The zero-order valence-electron chi connectivity index (χ0n) is 11.7. The molecule has 0 radical (unpaired) electrons. The van der Waals surface area contributed by atoms with Crippen LogP contribution in [-0.2, 0) is 0 Å². The van der Waals surface area contributed by atoms with Gasteiger partial charge in [-0.25, -0.2) is 8.78 Å². The van der Waals surface area contributed by atoms with Crippen LogP contribution in [0.5, 0.6) is 0 Å². The topological polar surface area (TPSA) is 23.8 Å². The van der Waals surface area contributed by atoms with E-state index in [0.29, 0.717) is 16.7 Å². The van der Waals surface area contributed by atoms with Crippen molar-refractivity contribution in [3.05, 3.63) is 53.6 Å². The van der Waals surface area contributed by atoms with Crippen LogP contribution in [0.25, 0.3) is 11.1 Å². The Kier molecular flexibility index (Phi) is 3.73. The number of rotatable bonds is 2. The van der Waals surface area contributed by atoms with Crippen LogP contribution in [0, 0.1) is 23.0 Å². The van der Waals surface area contributed by atoms with Crippen molar-refractivity contribution in [2.24, 2.45) is 0 Å². The number of hydrogen-bond acceptors (Lipinski definition) is 1. The molecule has 0 saturated heterocycles. The Hall–Kier alpha value is -1.99. The van der Waals surface area contributed by atoms with Gasteiger partial charge < -0.3 is 0 Å². The van der Waals surface area contributed by atoms with Gasteiger partial charge in [-0.1, -0.05) is 31.8 Å². The first-order valence-electron chi connectivity index (χ1n) is 6.33. The van der Waals surface area contributed by atoms with E-state index in [-0.39, 0.29) is 5.19 Å². The third kappa shape index (κ3) is 2.78. The maximum atomic E-state index is 14.2. The van der Waals surface area contributed by atoms with Gasteiger partial charge in [0.15, 0.2) is 0 Å². The van der Waals surface area contributed by atoms with Gasteiger partial charge in [-0.05, 0) is 35.4 Å². The molecule has 4 heteroatoms. The molecule has 0 bridgehead atoms. The Morgan fingerprint density at radius 1 is 0.900 bits per heavy atom. The lowest BCUT2D eigenvalue weighted by molar-refractivity contribution is 0.597. The molecule has 2 rings (SSSR count). The molecule has 0 fully saturated rings. The van der Waals surface area contributed by atoms with Crippen molar-refractivity contribution in [1.29, 1.82) is 5.26 Å². The van der Waals surface area contributed by atoms with E-state index in [1.807, 2.05) is 25.7 Å². The van der Waals surface area contributed by atoms with Crippen LogP contribution in [0.3, 0.4) is 0 Å². The monoisotopic (exact) mass is 287 g/mol. The van der Waals surface area contributed by atoms with Gasteiger partial charge in [0, 0.05) is 5.19 Å². The average Bonchev–Trinajstić information content (AvgIpc) is 2.36. The standard InChI is InChI=1S/C16H15F2NSi/c1-20(2,3)16-14(17)8-13(9-15(16)18)12-6-4-11(10-19)5-7-12/h4-9H,1-3H3. The fourth-order valence-electron chi connectivity index (χ4n) is 2.19. The minimum absolute atomic E-state index is 0.231. The van der Waals surface area contributed by atoms with E-state index >= 15 is 0 Å². The van der Waals surface area contributed by atoms with Gasteiger partial charge in [0.2, 0.25) is 0 Å². The Balaban J connectivity index is 2.52. The summed E-state index contributed by atoms with van der Waals surface area (Å²) in [7, 11) is -2.05. The summed E-state index contributed by atoms with van der Waals surface area (Å²) in [6.45, 7) is 5.74. The molecule has 0 atom stereocenters. The smallest absolute Gasteiger partial charge is 0.125 e. The van der Waals surface area contributed by atoms with E-state index in [0.717, 1.165) is 0 Å². The second-order valence-electron chi connectivity index (χ2n) is 5.75. The predicted octanol–water partition coefficient (Wildman–Crippen LogP) is 4.05. The molecule has 0 aromatic heterocycles. The first kappa shape index (κ1) is 14.4. The fraction of sp³-hybridized carbons (Fsp3) is 0.188. The highest BCUT2D eigenvalue weighted by Gasteiger charge is 2.25. The number of benzene rings is 2. The molecular formula is C16H15F2NSi. The molecule has 0 unspecified atom stereocenters. The molecule has 1 nitrogen and oxygen atoms in total. The molecule has 0 amide bonds. The largest absolute Gasteiger partial charge is 0.207 e. The Bertz CT molecular complexity index is 656. The molecule has 2 aromatic rings. The second kappa shape index (κ2) is 5.18. The van der Waals surface area contributed by atoms with Gasteiger partial charge in [-0.15, -0.1) is 0 Å². The van der Waals surface area contributed by atoms with E-state index in [1.54, 1.807) is 24.3 Å². The summed E-state index contributed by atoms with van der Waals surface area (Å²) in [5.41, 5.74) is 1.71. The van der Waals surface area contributed by atoms with Crippen molar-refractivity contribution < 1.29 is 8.78 Å². The van der Waals surface area contributed by atoms with Gasteiger partial charge in [-0.3, -0.25) is 0 Å². The fourth-order valence-corrected chi connectivity index (χ4v) is 3.77. The quantitative estimate of drug-likeness (QED) is 0.764.